The van der Waals surface area contributed by atoms with E-state index in [1.165, 1.54) is 22.3 Å². The van der Waals surface area contributed by atoms with E-state index in [0.29, 0.717) is 18.1 Å². The zero-order valence-corrected chi connectivity index (χ0v) is 11.3. The van der Waals surface area contributed by atoms with Crippen LogP contribution in [0.3, 0.4) is 0 Å². The number of nitrogen functional groups attached to an aromatic ring is 1. The SMILES string of the molecule is Nc1cccc2c1CN(c1nc3ccc(F)cn3n1)CC2. The van der Waals surface area contributed by atoms with Gasteiger partial charge < -0.3 is 10.6 Å². The first-order valence-corrected chi connectivity index (χ1v) is 6.84. The van der Waals surface area contributed by atoms with E-state index in [-0.39, 0.29) is 5.82 Å². The Balaban J connectivity index is 1.72. The second kappa shape index (κ2) is 4.44. The molecule has 0 atom stereocenters. The number of pyridine rings is 1. The fourth-order valence-electron chi connectivity index (χ4n) is 2.76. The van der Waals surface area contributed by atoms with Crippen LogP contribution in [0.15, 0.2) is 36.5 Å². The number of aromatic nitrogens is 3. The number of nitrogens with zero attached hydrogens (tertiary/aromatic N) is 4. The largest absolute Gasteiger partial charge is 0.398 e. The molecule has 5 nitrogen and oxygen atoms in total. The van der Waals surface area contributed by atoms with Crippen LogP contribution in [-0.2, 0) is 13.0 Å². The molecule has 0 unspecified atom stereocenters. The van der Waals surface area contributed by atoms with Crippen molar-refractivity contribution in [3.05, 3.63) is 53.5 Å². The monoisotopic (exact) mass is 283 g/mol. The van der Waals surface area contributed by atoms with Crippen LogP contribution in [0.4, 0.5) is 16.0 Å². The zero-order chi connectivity index (χ0) is 14.4. The molecule has 106 valence electrons. The van der Waals surface area contributed by atoms with Crippen LogP contribution in [0.1, 0.15) is 11.1 Å². The van der Waals surface area contributed by atoms with Gasteiger partial charge in [-0.2, -0.15) is 4.98 Å². The normalized spacial score (nSPS) is 14.4. The maximum absolute atomic E-state index is 13.2. The molecule has 2 aromatic heterocycles. The summed E-state index contributed by atoms with van der Waals surface area (Å²) in [7, 11) is 0. The van der Waals surface area contributed by atoms with Crippen LogP contribution < -0.4 is 10.6 Å². The molecule has 4 rings (SSSR count). The van der Waals surface area contributed by atoms with Crippen molar-refractivity contribution in [3.63, 3.8) is 0 Å². The van der Waals surface area contributed by atoms with Crippen LogP contribution in [0.5, 0.6) is 0 Å². The first-order chi connectivity index (χ1) is 10.2. The third-order valence-corrected chi connectivity index (χ3v) is 3.88. The maximum Gasteiger partial charge on any atom is 0.245 e. The second-order valence-electron chi connectivity index (χ2n) is 5.22. The molecule has 0 radical (unpaired) electrons. The molecule has 0 fully saturated rings. The molecule has 0 saturated carbocycles. The lowest BCUT2D eigenvalue weighted by atomic mass is 9.98. The molecule has 3 heterocycles. The molecule has 1 aliphatic rings. The predicted molar refractivity (Wildman–Crippen MR) is 78.6 cm³/mol. The summed E-state index contributed by atoms with van der Waals surface area (Å²) in [6, 6.07) is 9.01. The predicted octanol–water partition coefficient (Wildman–Crippen LogP) is 2.01. The van der Waals surface area contributed by atoms with Gasteiger partial charge in [0.15, 0.2) is 5.65 Å². The highest BCUT2D eigenvalue weighted by Gasteiger charge is 2.21. The molecule has 0 bridgehead atoms. The first kappa shape index (κ1) is 12.1. The Morgan fingerprint density at radius 2 is 2.10 bits per heavy atom. The molecule has 0 aliphatic carbocycles. The summed E-state index contributed by atoms with van der Waals surface area (Å²) < 4.78 is 14.7. The van der Waals surface area contributed by atoms with Gasteiger partial charge in [0.1, 0.15) is 5.82 Å². The Bertz CT molecular complexity index is 826. The molecule has 1 aliphatic heterocycles. The van der Waals surface area contributed by atoms with E-state index in [0.717, 1.165) is 24.2 Å². The number of hydrogen-bond donors (Lipinski definition) is 1. The van der Waals surface area contributed by atoms with Gasteiger partial charge in [-0.05, 0) is 35.7 Å². The standard InChI is InChI=1S/C15H14FN5/c16-11-4-5-14-18-15(19-21(14)8-11)20-7-6-10-2-1-3-13(17)12(10)9-20/h1-5,8H,6-7,9,17H2. The van der Waals surface area contributed by atoms with Crippen LogP contribution >= 0.6 is 0 Å². The van der Waals surface area contributed by atoms with Crippen LogP contribution in [-0.4, -0.2) is 21.1 Å². The number of anilines is 2. The lowest BCUT2D eigenvalue weighted by Gasteiger charge is -2.28. The van der Waals surface area contributed by atoms with Gasteiger partial charge >= 0.3 is 0 Å². The average molecular weight is 283 g/mol. The zero-order valence-electron chi connectivity index (χ0n) is 11.3. The summed E-state index contributed by atoms with van der Waals surface area (Å²) in [6.07, 6.45) is 2.24. The van der Waals surface area contributed by atoms with E-state index in [9.17, 15) is 4.39 Å². The van der Waals surface area contributed by atoms with E-state index >= 15 is 0 Å². The number of hydrogen-bond acceptors (Lipinski definition) is 4. The van der Waals surface area contributed by atoms with Crippen molar-refractivity contribution in [3.8, 4) is 0 Å². The minimum Gasteiger partial charge on any atom is -0.398 e. The lowest BCUT2D eigenvalue weighted by Crippen LogP contribution is -2.31. The second-order valence-corrected chi connectivity index (χ2v) is 5.22. The van der Waals surface area contributed by atoms with Crippen LogP contribution in [0.2, 0.25) is 0 Å². The summed E-state index contributed by atoms with van der Waals surface area (Å²) in [6.45, 7) is 1.51. The fourth-order valence-corrected chi connectivity index (χ4v) is 2.76. The van der Waals surface area contributed by atoms with Gasteiger partial charge in [-0.3, -0.25) is 0 Å². The van der Waals surface area contributed by atoms with E-state index < -0.39 is 0 Å². The van der Waals surface area contributed by atoms with Crippen molar-refractivity contribution in [2.24, 2.45) is 0 Å². The van der Waals surface area contributed by atoms with E-state index in [1.807, 2.05) is 12.1 Å². The average Bonchev–Trinajstić information content (AvgIpc) is 2.90. The number of rotatable bonds is 1. The molecule has 1 aromatic carbocycles. The Kier molecular flexibility index (Phi) is 2.57. The van der Waals surface area contributed by atoms with Gasteiger partial charge in [-0.15, -0.1) is 5.10 Å². The molecule has 0 saturated heterocycles. The summed E-state index contributed by atoms with van der Waals surface area (Å²) >= 11 is 0. The van der Waals surface area contributed by atoms with Crippen molar-refractivity contribution in [1.82, 2.24) is 14.6 Å². The molecule has 3 aromatic rings. The molecule has 0 spiro atoms. The lowest BCUT2D eigenvalue weighted by molar-refractivity contribution is 0.614. The molecular weight excluding hydrogens is 269 g/mol. The topological polar surface area (TPSA) is 59.5 Å². The maximum atomic E-state index is 13.2. The van der Waals surface area contributed by atoms with Gasteiger partial charge in [0.25, 0.3) is 0 Å². The van der Waals surface area contributed by atoms with Gasteiger partial charge in [0.05, 0.1) is 6.20 Å². The number of halogens is 1. The van der Waals surface area contributed by atoms with Crippen molar-refractivity contribution < 1.29 is 4.39 Å². The highest BCUT2D eigenvalue weighted by Crippen LogP contribution is 2.26. The number of fused-ring (bicyclic) bond motifs is 2. The minimum atomic E-state index is -0.327. The molecule has 0 amide bonds. The van der Waals surface area contributed by atoms with Crippen molar-refractivity contribution in [2.75, 3.05) is 17.2 Å². The summed E-state index contributed by atoms with van der Waals surface area (Å²) in [5, 5.41) is 4.35. The van der Waals surface area contributed by atoms with Crippen LogP contribution in [0.25, 0.3) is 5.65 Å². The third-order valence-electron chi connectivity index (χ3n) is 3.88. The first-order valence-electron chi connectivity index (χ1n) is 6.84. The molecule has 6 heteroatoms. The van der Waals surface area contributed by atoms with Gasteiger partial charge in [-0.25, -0.2) is 8.91 Å². The quantitative estimate of drug-likeness (QED) is 0.694. The van der Waals surface area contributed by atoms with Gasteiger partial charge in [0.2, 0.25) is 5.95 Å². The highest BCUT2D eigenvalue weighted by molar-refractivity contribution is 5.55. The number of benzene rings is 1. The molecular formula is C15H14FN5. The minimum absolute atomic E-state index is 0.327. The third kappa shape index (κ3) is 1.99. The Morgan fingerprint density at radius 1 is 1.19 bits per heavy atom. The Morgan fingerprint density at radius 3 is 3.00 bits per heavy atom. The van der Waals surface area contributed by atoms with Gasteiger partial charge in [-0.1, -0.05) is 12.1 Å². The van der Waals surface area contributed by atoms with E-state index in [2.05, 4.69) is 21.0 Å². The van der Waals surface area contributed by atoms with E-state index in [1.54, 1.807) is 6.07 Å². The van der Waals surface area contributed by atoms with Crippen molar-refractivity contribution in [1.29, 1.82) is 0 Å². The summed E-state index contributed by atoms with van der Waals surface area (Å²) in [4.78, 5) is 6.52. The smallest absolute Gasteiger partial charge is 0.245 e. The summed E-state index contributed by atoms with van der Waals surface area (Å²) in [5.41, 5.74) is 9.90. The van der Waals surface area contributed by atoms with E-state index in [4.69, 9.17) is 5.73 Å². The molecule has 2 N–H and O–H groups in total. The Labute approximate surface area is 120 Å². The fraction of sp³-hybridized carbons (Fsp3) is 0.200. The molecule has 21 heavy (non-hydrogen) atoms. The summed E-state index contributed by atoms with van der Waals surface area (Å²) in [5.74, 6) is 0.279. The van der Waals surface area contributed by atoms with Gasteiger partial charge in [0, 0.05) is 18.8 Å². The highest BCUT2D eigenvalue weighted by atomic mass is 19.1. The van der Waals surface area contributed by atoms with Crippen LogP contribution in [0, 0.1) is 5.82 Å². The number of nitrogens with two attached hydrogens (primary N) is 1. The van der Waals surface area contributed by atoms with Crippen molar-refractivity contribution >= 4 is 17.3 Å². The van der Waals surface area contributed by atoms with Crippen molar-refractivity contribution in [2.45, 2.75) is 13.0 Å². The Hall–Kier alpha value is -2.63.